The van der Waals surface area contributed by atoms with Crippen molar-refractivity contribution in [3.63, 3.8) is 0 Å². The van der Waals surface area contributed by atoms with Gasteiger partial charge in [0.05, 0.1) is 24.5 Å². The van der Waals surface area contributed by atoms with E-state index in [4.69, 9.17) is 9.47 Å². The van der Waals surface area contributed by atoms with Crippen LogP contribution in [0.5, 0.6) is 5.75 Å². The first-order valence-corrected chi connectivity index (χ1v) is 12.3. The predicted molar refractivity (Wildman–Crippen MR) is 125 cm³/mol. The molecule has 1 spiro atoms. The van der Waals surface area contributed by atoms with Crippen molar-refractivity contribution in [1.82, 2.24) is 10.2 Å². The summed E-state index contributed by atoms with van der Waals surface area (Å²) in [7, 11) is 0. The predicted octanol–water partition coefficient (Wildman–Crippen LogP) is 1.70. The molecule has 186 valence electrons. The number of carbonyl (C=O) groups excluding carboxylic acids is 3. The number of ether oxygens (including phenoxy) is 2. The fourth-order valence-electron chi connectivity index (χ4n) is 5.78. The molecule has 2 unspecified atom stereocenters. The summed E-state index contributed by atoms with van der Waals surface area (Å²) in [5.74, 6) is -1.38. The molecule has 1 aromatic rings. The zero-order valence-electron chi connectivity index (χ0n) is 20.1. The number of likely N-dealkylation sites (tertiary alicyclic amines) is 1. The van der Waals surface area contributed by atoms with E-state index in [0.717, 1.165) is 0 Å². The van der Waals surface area contributed by atoms with Crippen LogP contribution in [0.3, 0.4) is 0 Å². The van der Waals surface area contributed by atoms with Crippen molar-refractivity contribution in [1.29, 1.82) is 0 Å². The Bertz CT molecular complexity index is 920. The Hall–Kier alpha value is -2.65. The number of hydrogen-bond donors (Lipinski definition) is 3. The Kier molecular flexibility index (Phi) is 7.14. The third-order valence-electron chi connectivity index (χ3n) is 7.02. The monoisotopic (exact) mass is 473 g/mol. The highest BCUT2D eigenvalue weighted by Gasteiger charge is 2.74. The largest absolute Gasteiger partial charge is 0.494 e. The lowest BCUT2D eigenvalue weighted by Crippen LogP contribution is -2.56. The number of amides is 3. The molecule has 9 nitrogen and oxygen atoms in total. The average molecular weight is 474 g/mol. The summed E-state index contributed by atoms with van der Waals surface area (Å²) in [5.41, 5.74) is -0.384. The van der Waals surface area contributed by atoms with Gasteiger partial charge in [0.15, 0.2) is 0 Å². The van der Waals surface area contributed by atoms with Gasteiger partial charge < -0.3 is 30.1 Å². The van der Waals surface area contributed by atoms with Gasteiger partial charge >= 0.3 is 0 Å². The average Bonchev–Trinajstić information content (AvgIpc) is 3.42. The zero-order valence-corrected chi connectivity index (χ0v) is 20.1. The summed E-state index contributed by atoms with van der Waals surface area (Å²) >= 11 is 0. The summed E-state index contributed by atoms with van der Waals surface area (Å²) in [5, 5.41) is 15.1. The molecule has 3 saturated heterocycles. The van der Waals surface area contributed by atoms with Crippen molar-refractivity contribution < 1.29 is 29.0 Å². The third kappa shape index (κ3) is 4.27. The summed E-state index contributed by atoms with van der Waals surface area (Å²) in [4.78, 5) is 41.9. The number of anilines is 1. The Morgan fingerprint density at radius 1 is 1.24 bits per heavy atom. The summed E-state index contributed by atoms with van der Waals surface area (Å²) in [6.45, 7) is 6.57. The quantitative estimate of drug-likeness (QED) is 0.445. The van der Waals surface area contributed by atoms with Crippen LogP contribution in [0.15, 0.2) is 24.3 Å². The summed E-state index contributed by atoms with van der Waals surface area (Å²) in [6, 6.07) is 6.24. The molecule has 5 atom stereocenters. The van der Waals surface area contributed by atoms with Crippen LogP contribution in [-0.2, 0) is 19.1 Å². The molecule has 3 amide bonds. The van der Waals surface area contributed by atoms with E-state index in [2.05, 4.69) is 10.6 Å². The molecule has 3 heterocycles. The molecule has 0 saturated carbocycles. The molecule has 3 aliphatic rings. The minimum Gasteiger partial charge on any atom is -0.494 e. The maximum Gasteiger partial charge on any atom is 0.246 e. The van der Waals surface area contributed by atoms with E-state index in [1.165, 1.54) is 0 Å². The van der Waals surface area contributed by atoms with E-state index in [1.54, 1.807) is 29.2 Å². The first-order valence-electron chi connectivity index (χ1n) is 12.3. The number of nitrogens with one attached hydrogen (secondary N) is 2. The lowest BCUT2D eigenvalue weighted by Gasteiger charge is -2.34. The number of unbranched alkanes of at least 4 members (excludes halogenated alkanes) is 1. The molecule has 3 aliphatic heterocycles. The molecule has 1 aromatic carbocycles. The van der Waals surface area contributed by atoms with E-state index in [-0.39, 0.29) is 30.4 Å². The lowest BCUT2D eigenvalue weighted by molar-refractivity contribution is -0.141. The highest BCUT2D eigenvalue weighted by molar-refractivity contribution is 6.02. The van der Waals surface area contributed by atoms with Gasteiger partial charge in [-0.15, -0.1) is 0 Å². The molecule has 0 aromatic heterocycles. The van der Waals surface area contributed by atoms with E-state index in [0.29, 0.717) is 50.3 Å². The fraction of sp³-hybridized carbons (Fsp3) is 0.640. The maximum absolute atomic E-state index is 13.7. The molecule has 9 heteroatoms. The number of fused-ring (bicyclic) bond motifs is 1. The van der Waals surface area contributed by atoms with Crippen LogP contribution in [0.2, 0.25) is 0 Å². The standard InChI is InChI=1S/C25H35N3O6/c1-4-33-17-9-7-16(8-10-17)27-22(30)19-18-11-12-25(34-18)20(19)24(32)28(13-5-6-14-29)21(25)23(31)26-15(2)3/h7-10,15,18-21,29H,4-6,11-14H2,1-3H3,(H,26,31)(H,27,30)/t18-,19+,20-,21?,25?/m0/s1. The molecule has 0 aliphatic carbocycles. The van der Waals surface area contributed by atoms with Gasteiger partial charge in [0.25, 0.3) is 0 Å². The Labute approximate surface area is 200 Å². The number of rotatable bonds is 10. The van der Waals surface area contributed by atoms with Gasteiger partial charge in [-0.1, -0.05) is 0 Å². The maximum atomic E-state index is 13.7. The van der Waals surface area contributed by atoms with Crippen LogP contribution in [0.4, 0.5) is 5.69 Å². The molecule has 0 radical (unpaired) electrons. The first kappa shape index (κ1) is 24.5. The van der Waals surface area contributed by atoms with Crippen molar-refractivity contribution in [2.45, 2.75) is 70.2 Å². The van der Waals surface area contributed by atoms with E-state index in [9.17, 15) is 19.5 Å². The zero-order chi connectivity index (χ0) is 24.5. The number of aliphatic hydroxyl groups is 1. The van der Waals surface area contributed by atoms with Gasteiger partial charge in [-0.2, -0.15) is 0 Å². The number of nitrogens with zero attached hydrogens (tertiary/aromatic N) is 1. The van der Waals surface area contributed by atoms with Crippen molar-refractivity contribution in [3.8, 4) is 5.75 Å². The number of carbonyl (C=O) groups is 3. The summed E-state index contributed by atoms with van der Waals surface area (Å²) < 4.78 is 11.8. The second-order valence-electron chi connectivity index (χ2n) is 9.63. The second kappa shape index (κ2) is 9.92. The van der Waals surface area contributed by atoms with Gasteiger partial charge in [0.1, 0.15) is 17.4 Å². The van der Waals surface area contributed by atoms with Gasteiger partial charge in [0.2, 0.25) is 17.7 Å². The molecule has 2 bridgehead atoms. The molecule has 3 N–H and O–H groups in total. The van der Waals surface area contributed by atoms with Crippen LogP contribution in [0.1, 0.15) is 46.5 Å². The topological polar surface area (TPSA) is 117 Å². The molecule has 3 fully saturated rings. The van der Waals surface area contributed by atoms with Crippen molar-refractivity contribution in [2.24, 2.45) is 11.8 Å². The minimum atomic E-state index is -0.999. The van der Waals surface area contributed by atoms with Crippen LogP contribution < -0.4 is 15.4 Å². The SMILES string of the molecule is CCOc1ccc(NC(=O)[C@@H]2[C@@H]3CCC4(O3)C(C(=O)NC(C)C)N(CCCCO)C(=O)[C@H]24)cc1. The van der Waals surface area contributed by atoms with Gasteiger partial charge in [0, 0.05) is 24.9 Å². The van der Waals surface area contributed by atoms with Crippen molar-refractivity contribution >= 4 is 23.4 Å². The molecular formula is C25H35N3O6. The Morgan fingerprint density at radius 2 is 1.97 bits per heavy atom. The molecule has 34 heavy (non-hydrogen) atoms. The Balaban J connectivity index is 1.58. The third-order valence-corrected chi connectivity index (χ3v) is 7.02. The molecular weight excluding hydrogens is 438 g/mol. The summed E-state index contributed by atoms with van der Waals surface area (Å²) in [6.07, 6.45) is 1.90. The lowest BCUT2D eigenvalue weighted by atomic mass is 9.70. The smallest absolute Gasteiger partial charge is 0.246 e. The number of benzene rings is 1. The van der Waals surface area contributed by atoms with Crippen LogP contribution in [0.25, 0.3) is 0 Å². The highest BCUT2D eigenvalue weighted by atomic mass is 16.5. The van der Waals surface area contributed by atoms with E-state index < -0.39 is 29.6 Å². The Morgan fingerprint density at radius 3 is 2.62 bits per heavy atom. The number of hydrogen-bond acceptors (Lipinski definition) is 6. The normalized spacial score (nSPS) is 29.4. The van der Waals surface area contributed by atoms with Crippen molar-refractivity contribution in [2.75, 3.05) is 25.1 Å². The van der Waals surface area contributed by atoms with Gasteiger partial charge in [-0.05, 0) is 70.7 Å². The van der Waals surface area contributed by atoms with Gasteiger partial charge in [-0.3, -0.25) is 14.4 Å². The minimum absolute atomic E-state index is 0.0190. The van der Waals surface area contributed by atoms with Crippen LogP contribution in [0, 0.1) is 11.8 Å². The highest BCUT2D eigenvalue weighted by Crippen LogP contribution is 2.58. The van der Waals surface area contributed by atoms with E-state index >= 15 is 0 Å². The van der Waals surface area contributed by atoms with Crippen molar-refractivity contribution in [3.05, 3.63) is 24.3 Å². The van der Waals surface area contributed by atoms with E-state index in [1.807, 2.05) is 20.8 Å². The molecule has 4 rings (SSSR count). The van der Waals surface area contributed by atoms with Crippen LogP contribution >= 0.6 is 0 Å². The van der Waals surface area contributed by atoms with Crippen LogP contribution in [-0.4, -0.2) is 71.3 Å². The number of aliphatic hydroxyl groups excluding tert-OH is 1. The van der Waals surface area contributed by atoms with Gasteiger partial charge in [-0.25, -0.2) is 0 Å². The fourth-order valence-corrected chi connectivity index (χ4v) is 5.78. The first-order chi connectivity index (χ1) is 16.3. The second-order valence-corrected chi connectivity index (χ2v) is 9.63.